The predicted molar refractivity (Wildman–Crippen MR) is 77.2 cm³/mol. The van der Waals surface area contributed by atoms with Crippen LogP contribution in [0.25, 0.3) is 0 Å². The van der Waals surface area contributed by atoms with Crippen LogP contribution in [0.5, 0.6) is 0 Å². The predicted octanol–water partition coefficient (Wildman–Crippen LogP) is 2.81. The Labute approximate surface area is 114 Å². The molecule has 102 valence electrons. The fraction of sp³-hybridized carbons (Fsp3) is 0.929. The summed E-state index contributed by atoms with van der Waals surface area (Å²) in [5.41, 5.74) is 0.388. The van der Waals surface area contributed by atoms with Crippen molar-refractivity contribution >= 4 is 16.9 Å². The Hall–Kier alpha value is -0.220. The summed E-state index contributed by atoms with van der Waals surface area (Å²) in [4.78, 5) is 4.79. The molecule has 2 aliphatic heterocycles. The SMILES string of the molecule is CC1OCCC1CN=C1NC2(CCCCC2)CS1. The normalized spacial score (nSPS) is 37.3. The maximum Gasteiger partial charge on any atom is 0.157 e. The van der Waals surface area contributed by atoms with E-state index in [1.807, 2.05) is 11.8 Å². The van der Waals surface area contributed by atoms with Crippen molar-refractivity contribution in [2.24, 2.45) is 10.9 Å². The summed E-state index contributed by atoms with van der Waals surface area (Å²) in [7, 11) is 0. The number of nitrogens with zero attached hydrogens (tertiary/aromatic N) is 1. The van der Waals surface area contributed by atoms with E-state index >= 15 is 0 Å². The van der Waals surface area contributed by atoms with Gasteiger partial charge >= 0.3 is 0 Å². The average Bonchev–Trinajstić information content (AvgIpc) is 2.96. The summed E-state index contributed by atoms with van der Waals surface area (Å²) in [5, 5.41) is 4.91. The van der Waals surface area contributed by atoms with Crippen molar-refractivity contribution in [1.29, 1.82) is 0 Å². The van der Waals surface area contributed by atoms with E-state index in [9.17, 15) is 0 Å². The van der Waals surface area contributed by atoms with E-state index < -0.39 is 0 Å². The second-order valence-electron chi connectivity index (χ2n) is 6.03. The van der Waals surface area contributed by atoms with Gasteiger partial charge < -0.3 is 10.1 Å². The molecule has 0 aromatic rings. The molecular formula is C14H24N2OS. The lowest BCUT2D eigenvalue weighted by molar-refractivity contribution is 0.107. The summed E-state index contributed by atoms with van der Waals surface area (Å²) < 4.78 is 5.59. The van der Waals surface area contributed by atoms with E-state index in [2.05, 4.69) is 12.2 Å². The minimum atomic E-state index is 0.388. The number of thioether (sulfide) groups is 1. The molecule has 3 fully saturated rings. The van der Waals surface area contributed by atoms with Crippen molar-refractivity contribution in [2.45, 2.75) is 57.1 Å². The van der Waals surface area contributed by atoms with Crippen LogP contribution in [0.2, 0.25) is 0 Å². The van der Waals surface area contributed by atoms with Gasteiger partial charge in [0.25, 0.3) is 0 Å². The van der Waals surface area contributed by atoms with Crippen molar-refractivity contribution in [3.63, 3.8) is 0 Å². The highest BCUT2D eigenvalue weighted by Gasteiger charge is 2.38. The van der Waals surface area contributed by atoms with Crippen molar-refractivity contribution < 1.29 is 4.74 Å². The van der Waals surface area contributed by atoms with Crippen LogP contribution >= 0.6 is 11.8 Å². The summed E-state index contributed by atoms with van der Waals surface area (Å²) in [6, 6.07) is 0. The first-order valence-corrected chi connectivity index (χ1v) is 8.33. The van der Waals surface area contributed by atoms with Gasteiger partial charge in [-0.25, -0.2) is 0 Å². The van der Waals surface area contributed by atoms with E-state index in [1.165, 1.54) is 49.4 Å². The third kappa shape index (κ3) is 2.69. The van der Waals surface area contributed by atoms with Gasteiger partial charge in [0.2, 0.25) is 0 Å². The van der Waals surface area contributed by atoms with Gasteiger partial charge in [0.1, 0.15) is 0 Å². The minimum Gasteiger partial charge on any atom is -0.378 e. The zero-order chi connectivity index (χ0) is 12.4. The molecule has 1 N–H and O–H groups in total. The third-order valence-corrected chi connectivity index (χ3v) is 5.87. The van der Waals surface area contributed by atoms with E-state index in [0.29, 0.717) is 17.6 Å². The maximum absolute atomic E-state index is 5.59. The molecule has 3 rings (SSSR count). The zero-order valence-electron chi connectivity index (χ0n) is 11.3. The van der Waals surface area contributed by atoms with Gasteiger partial charge in [-0.15, -0.1) is 0 Å². The molecule has 2 atom stereocenters. The smallest absolute Gasteiger partial charge is 0.157 e. The molecule has 0 amide bonds. The van der Waals surface area contributed by atoms with Crippen LogP contribution in [0.4, 0.5) is 0 Å². The molecule has 3 aliphatic rings. The zero-order valence-corrected chi connectivity index (χ0v) is 12.1. The number of hydrogen-bond acceptors (Lipinski definition) is 3. The van der Waals surface area contributed by atoms with Gasteiger partial charge in [-0.2, -0.15) is 0 Å². The van der Waals surface area contributed by atoms with E-state index in [1.54, 1.807) is 0 Å². The van der Waals surface area contributed by atoms with E-state index in [0.717, 1.165) is 13.2 Å². The molecule has 1 saturated carbocycles. The topological polar surface area (TPSA) is 33.6 Å². The lowest BCUT2D eigenvalue weighted by atomic mass is 9.83. The first kappa shape index (κ1) is 12.8. The standard InChI is InChI=1S/C14H24N2OS/c1-11-12(5-8-17-11)9-15-13-16-14(10-18-13)6-3-2-4-7-14/h11-12H,2-10H2,1H3,(H,15,16). The van der Waals surface area contributed by atoms with E-state index in [4.69, 9.17) is 9.73 Å². The van der Waals surface area contributed by atoms with Crippen LogP contribution in [-0.4, -0.2) is 35.7 Å². The monoisotopic (exact) mass is 268 g/mol. The van der Waals surface area contributed by atoms with Crippen LogP contribution in [0, 0.1) is 5.92 Å². The second kappa shape index (κ2) is 5.41. The maximum atomic E-state index is 5.59. The highest BCUT2D eigenvalue weighted by atomic mass is 32.2. The lowest BCUT2D eigenvalue weighted by Crippen LogP contribution is -2.45. The largest absolute Gasteiger partial charge is 0.378 e. The van der Waals surface area contributed by atoms with Crippen LogP contribution in [0.3, 0.4) is 0 Å². The molecule has 1 aliphatic carbocycles. The van der Waals surface area contributed by atoms with Crippen LogP contribution < -0.4 is 5.32 Å². The molecule has 1 spiro atoms. The minimum absolute atomic E-state index is 0.388. The fourth-order valence-corrected chi connectivity index (χ4v) is 4.53. The molecule has 0 aromatic heterocycles. The number of amidine groups is 1. The average molecular weight is 268 g/mol. The molecule has 3 nitrogen and oxygen atoms in total. The molecule has 0 bridgehead atoms. The molecule has 4 heteroatoms. The number of hydrogen-bond donors (Lipinski definition) is 1. The number of nitrogens with one attached hydrogen (secondary N) is 1. The number of ether oxygens (including phenoxy) is 1. The molecule has 18 heavy (non-hydrogen) atoms. The van der Waals surface area contributed by atoms with Crippen LogP contribution in [-0.2, 0) is 4.74 Å². The van der Waals surface area contributed by atoms with Crippen LogP contribution in [0.15, 0.2) is 4.99 Å². The highest BCUT2D eigenvalue weighted by Crippen LogP contribution is 2.36. The fourth-order valence-electron chi connectivity index (χ4n) is 3.30. The Morgan fingerprint density at radius 1 is 1.39 bits per heavy atom. The Morgan fingerprint density at radius 2 is 2.22 bits per heavy atom. The van der Waals surface area contributed by atoms with E-state index in [-0.39, 0.29) is 0 Å². The number of aliphatic imine (C=N–C) groups is 1. The van der Waals surface area contributed by atoms with Crippen molar-refractivity contribution in [2.75, 3.05) is 18.9 Å². The molecular weight excluding hydrogens is 244 g/mol. The van der Waals surface area contributed by atoms with Gasteiger partial charge in [0.15, 0.2) is 5.17 Å². The highest BCUT2D eigenvalue weighted by molar-refractivity contribution is 8.14. The van der Waals surface area contributed by atoms with Gasteiger partial charge in [0, 0.05) is 30.4 Å². The third-order valence-electron chi connectivity index (χ3n) is 4.67. The van der Waals surface area contributed by atoms with Crippen molar-refractivity contribution in [3.8, 4) is 0 Å². The molecule has 0 aromatic carbocycles. The quantitative estimate of drug-likeness (QED) is 0.836. The van der Waals surface area contributed by atoms with Crippen LogP contribution in [0.1, 0.15) is 45.4 Å². The molecule has 0 radical (unpaired) electrons. The summed E-state index contributed by atoms with van der Waals surface area (Å²) in [6.07, 6.45) is 8.42. The Morgan fingerprint density at radius 3 is 2.94 bits per heavy atom. The lowest BCUT2D eigenvalue weighted by Gasteiger charge is -2.32. The summed E-state index contributed by atoms with van der Waals surface area (Å²) in [5.74, 6) is 1.85. The first-order valence-electron chi connectivity index (χ1n) is 7.34. The summed E-state index contributed by atoms with van der Waals surface area (Å²) in [6.45, 7) is 4.03. The van der Waals surface area contributed by atoms with Gasteiger partial charge in [0.05, 0.1) is 6.10 Å². The molecule has 2 unspecified atom stereocenters. The first-order chi connectivity index (χ1) is 8.77. The second-order valence-corrected chi connectivity index (χ2v) is 6.99. The number of rotatable bonds is 2. The van der Waals surface area contributed by atoms with Gasteiger partial charge in [-0.3, -0.25) is 4.99 Å². The Balaban J connectivity index is 1.54. The summed E-state index contributed by atoms with van der Waals surface area (Å²) >= 11 is 1.93. The van der Waals surface area contributed by atoms with Crippen molar-refractivity contribution in [3.05, 3.63) is 0 Å². The van der Waals surface area contributed by atoms with Gasteiger partial charge in [-0.05, 0) is 26.2 Å². The van der Waals surface area contributed by atoms with Gasteiger partial charge in [-0.1, -0.05) is 31.0 Å². The van der Waals surface area contributed by atoms with Crippen molar-refractivity contribution in [1.82, 2.24) is 5.32 Å². The Kier molecular flexibility index (Phi) is 3.85. The Bertz CT molecular complexity index is 326. The molecule has 2 saturated heterocycles. The molecule has 2 heterocycles.